The fourth-order valence-electron chi connectivity index (χ4n) is 4.90. The molecule has 1 fully saturated rings. The van der Waals surface area contributed by atoms with Crippen LogP contribution in [0.2, 0.25) is 29.2 Å². The van der Waals surface area contributed by atoms with E-state index in [-0.39, 0.29) is 10.1 Å². The van der Waals surface area contributed by atoms with Crippen molar-refractivity contribution in [3.8, 4) is 0 Å². The van der Waals surface area contributed by atoms with Gasteiger partial charge in [0.1, 0.15) is 8.07 Å². The van der Waals surface area contributed by atoms with E-state index in [4.69, 9.17) is 9.16 Å². The maximum absolute atomic E-state index is 6.50. The van der Waals surface area contributed by atoms with Crippen LogP contribution in [0.5, 0.6) is 0 Å². The largest absolute Gasteiger partial charge is 0.417 e. The van der Waals surface area contributed by atoms with Gasteiger partial charge in [0.2, 0.25) is 0 Å². The third-order valence-electron chi connectivity index (χ3n) is 7.97. The predicted octanol–water partition coefficient (Wildman–Crippen LogP) is 6.62. The molecule has 1 aliphatic rings. The Morgan fingerprint density at radius 2 is 1.25 bits per heavy atom. The molecule has 0 radical (unpaired) electrons. The number of benzene rings is 2. The van der Waals surface area contributed by atoms with E-state index in [0.717, 1.165) is 25.5 Å². The topological polar surface area (TPSA) is 18.5 Å². The first-order chi connectivity index (χ1) is 14.9. The molecule has 1 aliphatic heterocycles. The van der Waals surface area contributed by atoms with Gasteiger partial charge in [-0.25, -0.2) is 0 Å². The second-order valence-electron chi connectivity index (χ2n) is 12.1. The smallest absolute Gasteiger partial charge is 0.191 e. The summed E-state index contributed by atoms with van der Waals surface area (Å²) in [4.78, 5) is 0. The quantitative estimate of drug-likeness (QED) is 0.405. The second kappa shape index (κ2) is 9.57. The molecule has 0 bridgehead atoms. The molecule has 2 nitrogen and oxygen atoms in total. The average Bonchev–Trinajstić information content (AvgIpc) is 2.68. The molecule has 0 N–H and O–H groups in total. The second-order valence-corrected chi connectivity index (χ2v) is 21.8. The van der Waals surface area contributed by atoms with Gasteiger partial charge in [0.05, 0.1) is 12.2 Å². The Balaban J connectivity index is 1.72. The van der Waals surface area contributed by atoms with E-state index in [2.05, 4.69) is 115 Å². The van der Waals surface area contributed by atoms with Gasteiger partial charge >= 0.3 is 0 Å². The van der Waals surface area contributed by atoms with E-state index in [0.29, 0.717) is 12.2 Å². The standard InChI is InChI=1S/C28H44O2Si2/c1-27(2,3)31(7,8)29-20-19-23-21-24(30-23)22-32(28(4,5)6,25-15-11-9-12-16-25)26-17-13-10-14-18-26/h9-18,23-24H,19-22H2,1-8H3/t23-,24-/m1/s1. The molecule has 2 aromatic carbocycles. The summed E-state index contributed by atoms with van der Waals surface area (Å²) in [6.07, 6.45) is 2.87. The molecule has 32 heavy (non-hydrogen) atoms. The highest BCUT2D eigenvalue weighted by atomic mass is 28.4. The Morgan fingerprint density at radius 3 is 1.66 bits per heavy atom. The predicted molar refractivity (Wildman–Crippen MR) is 143 cm³/mol. The van der Waals surface area contributed by atoms with E-state index < -0.39 is 16.4 Å². The van der Waals surface area contributed by atoms with Gasteiger partial charge in [-0.3, -0.25) is 0 Å². The monoisotopic (exact) mass is 468 g/mol. The molecule has 2 aromatic rings. The van der Waals surface area contributed by atoms with Crippen molar-refractivity contribution in [1.82, 2.24) is 0 Å². The first-order valence-electron chi connectivity index (χ1n) is 12.3. The van der Waals surface area contributed by atoms with Gasteiger partial charge in [-0.1, -0.05) is 113 Å². The highest BCUT2D eigenvalue weighted by molar-refractivity contribution is 7.04. The molecular formula is C28H44O2Si2. The van der Waals surface area contributed by atoms with Crippen molar-refractivity contribution < 1.29 is 9.16 Å². The Hall–Kier alpha value is -1.21. The molecule has 0 spiro atoms. The van der Waals surface area contributed by atoms with Crippen LogP contribution in [0.1, 0.15) is 54.4 Å². The summed E-state index contributed by atoms with van der Waals surface area (Å²) in [5.41, 5.74) is 0. The maximum atomic E-state index is 6.50. The molecule has 2 atom stereocenters. The lowest BCUT2D eigenvalue weighted by Crippen LogP contribution is -2.66. The van der Waals surface area contributed by atoms with Crippen molar-refractivity contribution in [2.24, 2.45) is 0 Å². The van der Waals surface area contributed by atoms with E-state index >= 15 is 0 Å². The van der Waals surface area contributed by atoms with Crippen molar-refractivity contribution in [1.29, 1.82) is 0 Å². The van der Waals surface area contributed by atoms with Crippen LogP contribution in [-0.4, -0.2) is 35.2 Å². The zero-order valence-corrected chi connectivity index (χ0v) is 23.6. The van der Waals surface area contributed by atoms with Crippen LogP contribution in [0.25, 0.3) is 0 Å². The third-order valence-corrected chi connectivity index (χ3v) is 18.8. The minimum atomic E-state index is -2.05. The molecular weight excluding hydrogens is 424 g/mol. The zero-order valence-electron chi connectivity index (χ0n) is 21.6. The van der Waals surface area contributed by atoms with Crippen molar-refractivity contribution in [3.63, 3.8) is 0 Å². The lowest BCUT2D eigenvalue weighted by atomic mass is 10.0. The van der Waals surface area contributed by atoms with E-state index in [1.165, 1.54) is 10.4 Å². The van der Waals surface area contributed by atoms with Gasteiger partial charge in [0.15, 0.2) is 8.32 Å². The van der Waals surface area contributed by atoms with Crippen molar-refractivity contribution >= 4 is 26.8 Å². The maximum Gasteiger partial charge on any atom is 0.191 e. The first kappa shape index (κ1) is 25.4. The number of hydrogen-bond donors (Lipinski definition) is 0. The van der Waals surface area contributed by atoms with Crippen molar-refractivity contribution in [3.05, 3.63) is 60.7 Å². The van der Waals surface area contributed by atoms with Crippen LogP contribution in [0.3, 0.4) is 0 Å². The van der Waals surface area contributed by atoms with Gasteiger partial charge in [0, 0.05) is 6.61 Å². The lowest BCUT2D eigenvalue weighted by molar-refractivity contribution is -0.120. The molecule has 0 aliphatic carbocycles. The third kappa shape index (κ3) is 5.30. The van der Waals surface area contributed by atoms with Crippen LogP contribution >= 0.6 is 0 Å². The molecule has 176 valence electrons. The lowest BCUT2D eigenvalue weighted by Gasteiger charge is -2.49. The molecule has 1 saturated heterocycles. The van der Waals surface area contributed by atoms with Crippen LogP contribution in [-0.2, 0) is 9.16 Å². The molecule has 0 unspecified atom stereocenters. The summed E-state index contributed by atoms with van der Waals surface area (Å²) < 4.78 is 12.9. The summed E-state index contributed by atoms with van der Waals surface area (Å²) in [5, 5.41) is 3.49. The Kier molecular flexibility index (Phi) is 7.60. The highest BCUT2D eigenvalue weighted by Gasteiger charge is 2.50. The zero-order chi connectivity index (χ0) is 23.6. The Labute approximate surface area is 198 Å². The van der Waals surface area contributed by atoms with E-state index in [9.17, 15) is 0 Å². The summed E-state index contributed by atoms with van der Waals surface area (Å²) in [6.45, 7) is 19.7. The minimum absolute atomic E-state index is 0.190. The Morgan fingerprint density at radius 1 is 0.781 bits per heavy atom. The van der Waals surface area contributed by atoms with Crippen LogP contribution in [0.15, 0.2) is 60.7 Å². The summed E-state index contributed by atoms with van der Waals surface area (Å²) in [7, 11) is -3.72. The fraction of sp³-hybridized carbons (Fsp3) is 0.571. The van der Waals surface area contributed by atoms with Crippen LogP contribution in [0.4, 0.5) is 0 Å². The van der Waals surface area contributed by atoms with Gasteiger partial charge in [0.25, 0.3) is 0 Å². The van der Waals surface area contributed by atoms with E-state index in [1.54, 1.807) is 0 Å². The number of hydrogen-bond acceptors (Lipinski definition) is 2. The molecule has 0 saturated carbocycles. The fourth-order valence-corrected chi connectivity index (χ4v) is 11.6. The van der Waals surface area contributed by atoms with Crippen molar-refractivity contribution in [2.45, 2.75) is 95.8 Å². The number of rotatable bonds is 8. The summed E-state index contributed by atoms with van der Waals surface area (Å²) >= 11 is 0. The minimum Gasteiger partial charge on any atom is -0.417 e. The number of ether oxygens (including phenoxy) is 1. The molecule has 1 heterocycles. The van der Waals surface area contributed by atoms with Crippen LogP contribution < -0.4 is 10.4 Å². The summed E-state index contributed by atoms with van der Waals surface area (Å²) in [6, 6.07) is 23.6. The SMILES string of the molecule is CC(C)(C)[Si](C)(C)OCC[C@@H]1C[C@H](C[Si](c2ccccc2)(c2ccccc2)C(C)(C)C)O1. The van der Waals surface area contributed by atoms with Gasteiger partial charge in [-0.2, -0.15) is 0 Å². The Bertz CT molecular complexity index is 805. The molecule has 0 amide bonds. The summed E-state index contributed by atoms with van der Waals surface area (Å²) in [5.74, 6) is 0. The van der Waals surface area contributed by atoms with Crippen LogP contribution in [0, 0.1) is 0 Å². The van der Waals surface area contributed by atoms with E-state index in [1.807, 2.05) is 0 Å². The molecule has 4 heteroatoms. The normalized spacial score (nSPS) is 20.1. The highest BCUT2D eigenvalue weighted by Crippen LogP contribution is 2.43. The average molecular weight is 469 g/mol. The molecule has 0 aromatic heterocycles. The first-order valence-corrected chi connectivity index (χ1v) is 17.4. The van der Waals surface area contributed by atoms with Gasteiger partial charge in [-0.15, -0.1) is 0 Å². The van der Waals surface area contributed by atoms with Gasteiger partial charge < -0.3 is 9.16 Å². The molecule has 3 rings (SSSR count). The van der Waals surface area contributed by atoms with Gasteiger partial charge in [-0.05, 0) is 42.1 Å². The van der Waals surface area contributed by atoms with Crippen molar-refractivity contribution in [2.75, 3.05) is 6.61 Å².